The predicted molar refractivity (Wildman–Crippen MR) is 81.5 cm³/mol. The minimum Gasteiger partial charge on any atom is -0.329 e. The number of hydrogen-bond acceptors (Lipinski definition) is 3. The monoisotopic (exact) mass is 303 g/mol. The van der Waals surface area contributed by atoms with Crippen molar-refractivity contribution in [1.29, 1.82) is 0 Å². The van der Waals surface area contributed by atoms with Gasteiger partial charge in [0.25, 0.3) is 10.2 Å². The van der Waals surface area contributed by atoms with E-state index in [0.717, 1.165) is 50.9 Å². The number of rotatable bonds is 4. The van der Waals surface area contributed by atoms with Crippen LogP contribution in [-0.4, -0.2) is 37.9 Å². The van der Waals surface area contributed by atoms with E-state index in [9.17, 15) is 8.42 Å². The molecule has 1 aliphatic carbocycles. The van der Waals surface area contributed by atoms with Gasteiger partial charge in [-0.25, -0.2) is 0 Å². The van der Waals surface area contributed by atoms with E-state index >= 15 is 0 Å². The molecule has 6 heteroatoms. The average molecular weight is 303 g/mol. The molecule has 1 saturated heterocycles. The molecule has 0 amide bonds. The molecule has 5 nitrogen and oxygen atoms in total. The van der Waals surface area contributed by atoms with Gasteiger partial charge in [0.15, 0.2) is 0 Å². The average Bonchev–Trinajstić information content (AvgIpc) is 2.63. The first-order chi connectivity index (χ1) is 9.53. The lowest BCUT2D eigenvalue weighted by molar-refractivity contribution is 0.252. The van der Waals surface area contributed by atoms with E-state index < -0.39 is 10.2 Å². The number of piperidine rings is 1. The zero-order valence-electron chi connectivity index (χ0n) is 12.6. The van der Waals surface area contributed by atoms with Gasteiger partial charge in [0.1, 0.15) is 0 Å². The first kappa shape index (κ1) is 16.2. The molecule has 3 atom stereocenters. The predicted octanol–water partition coefficient (Wildman–Crippen LogP) is 1.60. The normalized spacial score (nSPS) is 33.8. The Bertz CT molecular complexity index is 399. The summed E-state index contributed by atoms with van der Waals surface area (Å²) in [4.78, 5) is 0. The molecule has 1 saturated carbocycles. The fourth-order valence-electron chi connectivity index (χ4n) is 3.41. The third-order valence-corrected chi connectivity index (χ3v) is 6.46. The summed E-state index contributed by atoms with van der Waals surface area (Å²) in [6.07, 6.45) is 8.29. The summed E-state index contributed by atoms with van der Waals surface area (Å²) in [5, 5.41) is 0. The van der Waals surface area contributed by atoms with Gasteiger partial charge in [0, 0.05) is 25.2 Å². The third kappa shape index (κ3) is 4.16. The fourth-order valence-corrected chi connectivity index (χ4v) is 5.16. The third-order valence-electron chi connectivity index (χ3n) is 4.73. The summed E-state index contributed by atoms with van der Waals surface area (Å²) in [7, 11) is -3.37. The van der Waals surface area contributed by atoms with E-state index in [-0.39, 0.29) is 12.1 Å². The van der Waals surface area contributed by atoms with Crippen LogP contribution in [0.3, 0.4) is 0 Å². The van der Waals surface area contributed by atoms with Gasteiger partial charge in [0.05, 0.1) is 0 Å². The van der Waals surface area contributed by atoms with Crippen LogP contribution in [0.25, 0.3) is 0 Å². The molecular formula is C14H29N3O2S. The summed E-state index contributed by atoms with van der Waals surface area (Å²) in [6, 6.07) is 0.0799. The summed E-state index contributed by atoms with van der Waals surface area (Å²) in [5.74, 6) is 0.719. The second kappa shape index (κ2) is 7.20. The van der Waals surface area contributed by atoms with Gasteiger partial charge in [-0.15, -0.1) is 0 Å². The van der Waals surface area contributed by atoms with Gasteiger partial charge in [0.2, 0.25) is 0 Å². The number of nitrogens with zero attached hydrogens (tertiary/aromatic N) is 1. The van der Waals surface area contributed by atoms with Gasteiger partial charge in [-0.05, 0) is 38.0 Å². The molecule has 0 aromatic carbocycles. The van der Waals surface area contributed by atoms with Crippen molar-refractivity contribution in [3.63, 3.8) is 0 Å². The Hall–Kier alpha value is -0.170. The quantitative estimate of drug-likeness (QED) is 0.775. The van der Waals surface area contributed by atoms with Crippen molar-refractivity contribution in [2.24, 2.45) is 11.7 Å². The largest absolute Gasteiger partial charge is 0.329 e. The Morgan fingerprint density at radius 3 is 2.65 bits per heavy atom. The SMILES string of the molecule is CC1CCCC(NS(=O)(=O)N2CCCCC2CN)CC1. The Morgan fingerprint density at radius 2 is 1.90 bits per heavy atom. The minimum absolute atomic E-state index is 0.0223. The van der Waals surface area contributed by atoms with E-state index in [4.69, 9.17) is 5.73 Å². The van der Waals surface area contributed by atoms with Gasteiger partial charge in [-0.1, -0.05) is 26.2 Å². The lowest BCUT2D eigenvalue weighted by Crippen LogP contribution is -2.53. The van der Waals surface area contributed by atoms with E-state index in [1.807, 2.05) is 0 Å². The van der Waals surface area contributed by atoms with Crippen molar-refractivity contribution in [2.75, 3.05) is 13.1 Å². The zero-order chi connectivity index (χ0) is 14.6. The molecule has 0 spiro atoms. The van der Waals surface area contributed by atoms with Gasteiger partial charge >= 0.3 is 0 Å². The van der Waals surface area contributed by atoms with Gasteiger partial charge in [-0.2, -0.15) is 17.4 Å². The molecule has 2 rings (SSSR count). The Morgan fingerprint density at radius 1 is 1.10 bits per heavy atom. The van der Waals surface area contributed by atoms with Crippen molar-refractivity contribution < 1.29 is 8.42 Å². The van der Waals surface area contributed by atoms with E-state index in [1.165, 1.54) is 6.42 Å². The standard InChI is InChI=1S/C14H29N3O2S/c1-12-5-4-6-13(9-8-12)16-20(18,19)17-10-3-2-7-14(17)11-15/h12-14,16H,2-11,15H2,1H3. The second-order valence-corrected chi connectivity index (χ2v) is 8.08. The van der Waals surface area contributed by atoms with E-state index in [0.29, 0.717) is 13.1 Å². The Labute approximate surface area is 123 Å². The molecule has 0 aromatic heterocycles. The van der Waals surface area contributed by atoms with Gasteiger partial charge < -0.3 is 5.73 Å². The lowest BCUT2D eigenvalue weighted by atomic mass is 10.0. The molecule has 0 aromatic rings. The second-order valence-electron chi connectivity index (χ2n) is 6.43. The minimum atomic E-state index is -3.37. The topological polar surface area (TPSA) is 75.4 Å². The molecule has 2 aliphatic rings. The summed E-state index contributed by atoms with van der Waals surface area (Å²) >= 11 is 0. The molecule has 3 N–H and O–H groups in total. The zero-order valence-corrected chi connectivity index (χ0v) is 13.4. The smallest absolute Gasteiger partial charge is 0.279 e. The van der Waals surface area contributed by atoms with Crippen molar-refractivity contribution in [1.82, 2.24) is 9.03 Å². The molecule has 1 heterocycles. The maximum Gasteiger partial charge on any atom is 0.279 e. The lowest BCUT2D eigenvalue weighted by Gasteiger charge is -2.35. The molecule has 2 fully saturated rings. The highest BCUT2D eigenvalue weighted by molar-refractivity contribution is 7.87. The van der Waals surface area contributed by atoms with Crippen LogP contribution in [-0.2, 0) is 10.2 Å². The van der Waals surface area contributed by atoms with Crippen LogP contribution in [0.1, 0.15) is 58.3 Å². The molecular weight excluding hydrogens is 274 g/mol. The summed E-state index contributed by atoms with van der Waals surface area (Å²) in [6.45, 7) is 3.29. The molecule has 0 radical (unpaired) electrons. The summed E-state index contributed by atoms with van der Waals surface area (Å²) < 4.78 is 29.7. The highest BCUT2D eigenvalue weighted by Gasteiger charge is 2.33. The van der Waals surface area contributed by atoms with Crippen molar-refractivity contribution in [3.05, 3.63) is 0 Å². The van der Waals surface area contributed by atoms with Crippen LogP contribution in [0.15, 0.2) is 0 Å². The van der Waals surface area contributed by atoms with Crippen LogP contribution < -0.4 is 10.5 Å². The molecule has 3 unspecified atom stereocenters. The summed E-state index contributed by atoms with van der Waals surface area (Å²) in [5.41, 5.74) is 5.73. The van der Waals surface area contributed by atoms with Crippen LogP contribution in [0.5, 0.6) is 0 Å². The number of hydrogen-bond donors (Lipinski definition) is 2. The Kier molecular flexibility index (Phi) is 5.84. The van der Waals surface area contributed by atoms with Crippen LogP contribution in [0.2, 0.25) is 0 Å². The molecule has 20 heavy (non-hydrogen) atoms. The van der Waals surface area contributed by atoms with Crippen LogP contribution in [0.4, 0.5) is 0 Å². The van der Waals surface area contributed by atoms with Crippen molar-refractivity contribution >= 4 is 10.2 Å². The van der Waals surface area contributed by atoms with Crippen molar-refractivity contribution in [2.45, 2.75) is 70.4 Å². The van der Waals surface area contributed by atoms with Gasteiger partial charge in [-0.3, -0.25) is 0 Å². The maximum absolute atomic E-state index is 12.6. The van der Waals surface area contributed by atoms with E-state index in [1.54, 1.807) is 4.31 Å². The van der Waals surface area contributed by atoms with E-state index in [2.05, 4.69) is 11.6 Å². The molecule has 0 bridgehead atoms. The Balaban J connectivity index is 1.98. The molecule has 1 aliphatic heterocycles. The van der Waals surface area contributed by atoms with Crippen LogP contribution in [0, 0.1) is 5.92 Å². The molecule has 118 valence electrons. The highest BCUT2D eigenvalue weighted by atomic mass is 32.2. The first-order valence-electron chi connectivity index (χ1n) is 8.02. The number of nitrogens with two attached hydrogens (primary N) is 1. The maximum atomic E-state index is 12.6. The number of nitrogens with one attached hydrogen (secondary N) is 1. The highest BCUT2D eigenvalue weighted by Crippen LogP contribution is 2.24. The van der Waals surface area contributed by atoms with Crippen LogP contribution >= 0.6 is 0 Å². The first-order valence-corrected chi connectivity index (χ1v) is 9.46. The fraction of sp³-hybridized carbons (Fsp3) is 1.00. The van der Waals surface area contributed by atoms with Crippen molar-refractivity contribution in [3.8, 4) is 0 Å².